The van der Waals surface area contributed by atoms with E-state index in [9.17, 15) is 9.90 Å². The average molecular weight is 291 g/mol. The van der Waals surface area contributed by atoms with E-state index in [1.165, 1.54) is 0 Å². The number of rotatable bonds is 5. The third-order valence-electron chi connectivity index (χ3n) is 4.82. The van der Waals surface area contributed by atoms with Crippen molar-refractivity contribution in [1.29, 1.82) is 0 Å². The van der Waals surface area contributed by atoms with Gasteiger partial charge in [0, 0.05) is 11.6 Å². The van der Waals surface area contributed by atoms with E-state index in [1.54, 1.807) is 7.11 Å². The molecule has 1 aliphatic heterocycles. The van der Waals surface area contributed by atoms with Crippen LogP contribution in [0, 0.1) is 6.92 Å². The maximum absolute atomic E-state index is 11.8. The minimum atomic E-state index is -0.742. The Morgan fingerprint density at radius 1 is 1.52 bits per heavy atom. The van der Waals surface area contributed by atoms with Crippen molar-refractivity contribution < 1.29 is 14.6 Å². The highest BCUT2D eigenvalue weighted by atomic mass is 16.5. The first-order valence-electron chi connectivity index (χ1n) is 7.61. The van der Waals surface area contributed by atoms with Crippen molar-refractivity contribution in [3.05, 3.63) is 29.3 Å². The highest BCUT2D eigenvalue weighted by Crippen LogP contribution is 2.41. The van der Waals surface area contributed by atoms with Gasteiger partial charge in [0.1, 0.15) is 11.3 Å². The number of carboxylic acids is 1. The standard InChI is InChI=1S/C17H25NO3/c1-5-17(16(19)20)9-6-10-18(17)13(3)14-11-12(2)7-8-15(14)21-4/h7-8,11,13H,5-6,9-10H2,1-4H3,(H,19,20). The molecule has 1 saturated heterocycles. The van der Waals surface area contributed by atoms with Crippen LogP contribution < -0.4 is 4.74 Å². The predicted molar refractivity (Wildman–Crippen MR) is 82.7 cm³/mol. The van der Waals surface area contributed by atoms with Crippen molar-refractivity contribution in [2.45, 2.75) is 51.6 Å². The number of nitrogens with zero attached hydrogens (tertiary/aromatic N) is 1. The van der Waals surface area contributed by atoms with E-state index in [4.69, 9.17) is 4.74 Å². The summed E-state index contributed by atoms with van der Waals surface area (Å²) in [5.74, 6) is 0.122. The molecule has 1 aromatic carbocycles. The first kappa shape index (κ1) is 15.8. The number of likely N-dealkylation sites (tertiary alicyclic amines) is 1. The molecule has 1 heterocycles. The Hall–Kier alpha value is -1.55. The first-order valence-corrected chi connectivity index (χ1v) is 7.61. The summed E-state index contributed by atoms with van der Waals surface area (Å²) in [6.45, 7) is 6.91. The fourth-order valence-electron chi connectivity index (χ4n) is 3.57. The fraction of sp³-hybridized carbons (Fsp3) is 0.588. The Morgan fingerprint density at radius 3 is 2.81 bits per heavy atom. The third-order valence-corrected chi connectivity index (χ3v) is 4.82. The minimum absolute atomic E-state index is 0.0263. The molecule has 116 valence electrons. The zero-order chi connectivity index (χ0) is 15.6. The average Bonchev–Trinajstić information content (AvgIpc) is 2.91. The van der Waals surface area contributed by atoms with E-state index in [2.05, 4.69) is 17.9 Å². The number of hydrogen-bond donors (Lipinski definition) is 1. The number of ether oxygens (including phenoxy) is 1. The Balaban J connectivity index is 2.41. The molecule has 0 saturated carbocycles. The van der Waals surface area contributed by atoms with Gasteiger partial charge in [-0.3, -0.25) is 9.69 Å². The lowest BCUT2D eigenvalue weighted by molar-refractivity contribution is -0.151. The number of methoxy groups -OCH3 is 1. The van der Waals surface area contributed by atoms with Crippen LogP contribution >= 0.6 is 0 Å². The second kappa shape index (κ2) is 6.06. The zero-order valence-corrected chi connectivity index (χ0v) is 13.3. The van der Waals surface area contributed by atoms with Crippen LogP contribution in [-0.4, -0.2) is 35.2 Å². The number of hydrogen-bond acceptors (Lipinski definition) is 3. The van der Waals surface area contributed by atoms with E-state index in [1.807, 2.05) is 26.0 Å². The van der Waals surface area contributed by atoms with Gasteiger partial charge < -0.3 is 9.84 Å². The van der Waals surface area contributed by atoms with Crippen molar-refractivity contribution in [1.82, 2.24) is 4.90 Å². The molecule has 4 heteroatoms. The SMILES string of the molecule is CCC1(C(=O)O)CCCN1C(C)c1cc(C)ccc1OC. The van der Waals surface area contributed by atoms with Crippen LogP contribution in [0.5, 0.6) is 5.75 Å². The maximum Gasteiger partial charge on any atom is 0.324 e. The van der Waals surface area contributed by atoms with Gasteiger partial charge >= 0.3 is 5.97 Å². The molecule has 1 fully saturated rings. The molecule has 0 radical (unpaired) electrons. The van der Waals surface area contributed by atoms with E-state index in [0.29, 0.717) is 6.42 Å². The van der Waals surface area contributed by atoms with E-state index in [0.717, 1.165) is 36.3 Å². The molecular formula is C17H25NO3. The molecule has 0 aromatic heterocycles. The molecular weight excluding hydrogens is 266 g/mol. The summed E-state index contributed by atoms with van der Waals surface area (Å²) in [6.07, 6.45) is 2.27. The van der Waals surface area contributed by atoms with E-state index in [-0.39, 0.29) is 6.04 Å². The molecule has 21 heavy (non-hydrogen) atoms. The van der Waals surface area contributed by atoms with Gasteiger partial charge in [0.15, 0.2) is 0 Å². The molecule has 0 aliphatic carbocycles. The van der Waals surface area contributed by atoms with Crippen LogP contribution in [0.15, 0.2) is 18.2 Å². The maximum atomic E-state index is 11.8. The number of benzene rings is 1. The van der Waals surface area contributed by atoms with Crippen molar-refractivity contribution in [3.8, 4) is 5.75 Å². The summed E-state index contributed by atoms with van der Waals surface area (Å²) in [5.41, 5.74) is 1.49. The molecule has 2 rings (SSSR count). The van der Waals surface area contributed by atoms with Gasteiger partial charge in [-0.25, -0.2) is 0 Å². The third kappa shape index (κ3) is 2.64. The first-order chi connectivity index (χ1) is 9.96. The fourth-order valence-corrected chi connectivity index (χ4v) is 3.57. The van der Waals surface area contributed by atoms with Gasteiger partial charge in [-0.2, -0.15) is 0 Å². The van der Waals surface area contributed by atoms with Gasteiger partial charge in [-0.05, 0) is 45.7 Å². The summed E-state index contributed by atoms with van der Waals surface area (Å²) in [7, 11) is 1.66. The molecule has 4 nitrogen and oxygen atoms in total. The van der Waals surface area contributed by atoms with Crippen molar-refractivity contribution in [2.24, 2.45) is 0 Å². The smallest absolute Gasteiger partial charge is 0.324 e. The van der Waals surface area contributed by atoms with Crippen LogP contribution in [0.3, 0.4) is 0 Å². The molecule has 0 amide bonds. The summed E-state index contributed by atoms with van der Waals surface area (Å²) in [5, 5.41) is 9.74. The van der Waals surface area contributed by atoms with Gasteiger partial charge in [0.05, 0.1) is 7.11 Å². The highest BCUT2D eigenvalue weighted by Gasteiger charge is 2.48. The van der Waals surface area contributed by atoms with Crippen molar-refractivity contribution in [3.63, 3.8) is 0 Å². The lowest BCUT2D eigenvalue weighted by Gasteiger charge is -2.38. The van der Waals surface area contributed by atoms with Crippen LogP contribution in [0.25, 0.3) is 0 Å². The van der Waals surface area contributed by atoms with Gasteiger partial charge in [-0.15, -0.1) is 0 Å². The summed E-state index contributed by atoms with van der Waals surface area (Å²) in [6, 6.07) is 6.11. The normalized spacial score (nSPS) is 24.0. The van der Waals surface area contributed by atoms with Crippen molar-refractivity contribution in [2.75, 3.05) is 13.7 Å². The Bertz CT molecular complexity index is 529. The number of aliphatic carboxylic acids is 1. The Kier molecular flexibility index (Phi) is 4.57. The summed E-state index contributed by atoms with van der Waals surface area (Å²) >= 11 is 0. The van der Waals surface area contributed by atoms with Crippen LogP contribution in [0.4, 0.5) is 0 Å². The number of carbonyl (C=O) groups is 1. The minimum Gasteiger partial charge on any atom is -0.496 e. The zero-order valence-electron chi connectivity index (χ0n) is 13.3. The molecule has 2 atom stereocenters. The topological polar surface area (TPSA) is 49.8 Å². The van der Waals surface area contributed by atoms with Gasteiger partial charge in [-0.1, -0.05) is 24.6 Å². The second-order valence-corrected chi connectivity index (χ2v) is 5.91. The lowest BCUT2D eigenvalue weighted by atomic mass is 9.90. The van der Waals surface area contributed by atoms with Gasteiger partial charge in [0.2, 0.25) is 0 Å². The van der Waals surface area contributed by atoms with Crippen LogP contribution in [0.1, 0.15) is 50.3 Å². The molecule has 2 unspecified atom stereocenters. The second-order valence-electron chi connectivity index (χ2n) is 5.91. The van der Waals surface area contributed by atoms with Crippen LogP contribution in [0.2, 0.25) is 0 Å². The van der Waals surface area contributed by atoms with Crippen LogP contribution in [-0.2, 0) is 4.79 Å². The predicted octanol–water partition coefficient (Wildman–Crippen LogP) is 3.39. The largest absolute Gasteiger partial charge is 0.496 e. The lowest BCUT2D eigenvalue weighted by Crippen LogP contribution is -2.50. The Morgan fingerprint density at radius 2 is 2.24 bits per heavy atom. The van der Waals surface area contributed by atoms with Gasteiger partial charge in [0.25, 0.3) is 0 Å². The number of aryl methyl sites for hydroxylation is 1. The molecule has 0 spiro atoms. The summed E-state index contributed by atoms with van der Waals surface area (Å²) < 4.78 is 5.47. The van der Waals surface area contributed by atoms with Crippen molar-refractivity contribution >= 4 is 5.97 Å². The number of carboxylic acid groups (broad SMARTS) is 1. The summed E-state index contributed by atoms with van der Waals surface area (Å²) in [4.78, 5) is 14.0. The molecule has 1 aliphatic rings. The molecule has 1 N–H and O–H groups in total. The van der Waals surface area contributed by atoms with E-state index >= 15 is 0 Å². The Labute approximate surface area is 126 Å². The highest BCUT2D eigenvalue weighted by molar-refractivity contribution is 5.79. The molecule has 1 aromatic rings. The quantitative estimate of drug-likeness (QED) is 0.903. The monoisotopic (exact) mass is 291 g/mol. The van der Waals surface area contributed by atoms with E-state index < -0.39 is 11.5 Å². The molecule has 0 bridgehead atoms.